The third-order valence-electron chi connectivity index (χ3n) is 1.23. The maximum Gasteiger partial charge on any atom is 0.225 e. The fourth-order valence-corrected chi connectivity index (χ4v) is 0.853. The molecule has 0 spiro atoms. The number of ketones is 1. The number of nitrogens with two attached hydrogens (primary N) is 1. The van der Waals surface area contributed by atoms with Crippen LogP contribution in [0.25, 0.3) is 0 Å². The van der Waals surface area contributed by atoms with Crippen molar-refractivity contribution >= 4 is 23.1 Å². The molecule has 0 amide bonds. The van der Waals surface area contributed by atoms with Gasteiger partial charge in [0.15, 0.2) is 5.76 Å². The number of Topliss-reactive ketones (excluding diaryl/α,β-unsaturated/α-hetero) is 1. The van der Waals surface area contributed by atoms with Crippen LogP contribution in [0.4, 0.5) is 0 Å². The second kappa shape index (κ2) is 2.39. The van der Waals surface area contributed by atoms with Crippen LogP contribution < -0.4 is 5.73 Å². The molecule has 0 radical (unpaired) electrons. The van der Waals surface area contributed by atoms with E-state index in [1.807, 2.05) is 0 Å². The first-order valence-corrected chi connectivity index (χ1v) is 3.11. The van der Waals surface area contributed by atoms with E-state index >= 15 is 0 Å². The van der Waals surface area contributed by atoms with Crippen molar-refractivity contribution in [3.63, 3.8) is 0 Å². The van der Waals surface area contributed by atoms with Gasteiger partial charge < -0.3 is 10.8 Å². The Balaban J connectivity index is 3.22. The summed E-state index contributed by atoms with van der Waals surface area (Å²) in [6.45, 7) is 0. The molecule has 0 saturated heterocycles. The summed E-state index contributed by atoms with van der Waals surface area (Å²) < 4.78 is 0. The molecule has 0 atom stereocenters. The molecule has 0 aromatic carbocycles. The summed E-state index contributed by atoms with van der Waals surface area (Å²) in [5, 5.41) is 15.6. The van der Waals surface area contributed by atoms with E-state index in [0.29, 0.717) is 0 Å². The van der Waals surface area contributed by atoms with E-state index in [-0.39, 0.29) is 11.4 Å². The first-order chi connectivity index (χ1) is 5.04. The van der Waals surface area contributed by atoms with Crippen LogP contribution in [0.5, 0.6) is 0 Å². The summed E-state index contributed by atoms with van der Waals surface area (Å²) in [7, 11) is 0. The van der Waals surface area contributed by atoms with Gasteiger partial charge in [0.1, 0.15) is 10.7 Å². The molecule has 0 fully saturated rings. The molecule has 0 heterocycles. The number of halogens is 1. The Bertz CT molecular complexity index is 304. The minimum Gasteiger partial charge on any atom is -0.504 e. The smallest absolute Gasteiger partial charge is 0.225 e. The van der Waals surface area contributed by atoms with E-state index in [2.05, 4.69) is 0 Å². The van der Waals surface area contributed by atoms with Gasteiger partial charge in [-0.15, -0.1) is 0 Å². The summed E-state index contributed by atoms with van der Waals surface area (Å²) in [6.07, 6.45) is 1.06. The minimum atomic E-state index is -0.710. The Kier molecular flexibility index (Phi) is 1.70. The molecule has 58 valence electrons. The first-order valence-electron chi connectivity index (χ1n) is 2.73. The van der Waals surface area contributed by atoms with Crippen LogP contribution in [0.15, 0.2) is 22.6 Å². The topological polar surface area (TPSA) is 87.2 Å². The van der Waals surface area contributed by atoms with Crippen LogP contribution in [0.1, 0.15) is 0 Å². The number of rotatable bonds is 0. The van der Waals surface area contributed by atoms with Gasteiger partial charge in [0.2, 0.25) is 5.78 Å². The highest BCUT2D eigenvalue weighted by Crippen LogP contribution is 2.18. The van der Waals surface area contributed by atoms with Gasteiger partial charge in [-0.25, -0.2) is 0 Å². The molecule has 5 heteroatoms. The van der Waals surface area contributed by atoms with Crippen LogP contribution >= 0.6 is 11.6 Å². The number of carbonyl (C=O) groups is 1. The van der Waals surface area contributed by atoms with Crippen molar-refractivity contribution in [1.29, 1.82) is 5.41 Å². The van der Waals surface area contributed by atoms with Gasteiger partial charge in [0, 0.05) is 0 Å². The molecule has 1 aliphatic rings. The van der Waals surface area contributed by atoms with Gasteiger partial charge >= 0.3 is 0 Å². The van der Waals surface area contributed by atoms with Crippen molar-refractivity contribution in [3.8, 4) is 0 Å². The fourth-order valence-electron chi connectivity index (χ4n) is 0.642. The molecule has 11 heavy (non-hydrogen) atoms. The van der Waals surface area contributed by atoms with Crippen LogP contribution in [0.3, 0.4) is 0 Å². The Labute approximate surface area is 67.5 Å². The molecule has 1 aliphatic carbocycles. The van der Waals surface area contributed by atoms with Gasteiger partial charge in [-0.2, -0.15) is 0 Å². The van der Waals surface area contributed by atoms with E-state index in [0.717, 1.165) is 6.08 Å². The Morgan fingerprint density at radius 2 is 2.18 bits per heavy atom. The highest BCUT2D eigenvalue weighted by atomic mass is 35.5. The third kappa shape index (κ3) is 1.12. The zero-order valence-corrected chi connectivity index (χ0v) is 6.14. The zero-order chi connectivity index (χ0) is 8.59. The molecular formula is C6H5ClN2O2. The number of allylic oxidation sites excluding steroid dienone is 2. The van der Waals surface area contributed by atoms with E-state index in [9.17, 15) is 4.79 Å². The van der Waals surface area contributed by atoms with Crippen LogP contribution in [-0.2, 0) is 4.79 Å². The van der Waals surface area contributed by atoms with Crippen molar-refractivity contribution in [2.45, 2.75) is 0 Å². The third-order valence-corrected chi connectivity index (χ3v) is 1.58. The molecule has 0 aromatic rings. The largest absolute Gasteiger partial charge is 0.504 e. The molecule has 0 aromatic heterocycles. The van der Waals surface area contributed by atoms with Crippen LogP contribution in [-0.4, -0.2) is 16.6 Å². The van der Waals surface area contributed by atoms with Gasteiger partial charge in [0.05, 0.1) is 5.70 Å². The molecule has 0 unspecified atom stereocenters. The van der Waals surface area contributed by atoms with Crippen molar-refractivity contribution < 1.29 is 9.90 Å². The van der Waals surface area contributed by atoms with E-state index in [1.165, 1.54) is 0 Å². The van der Waals surface area contributed by atoms with Crippen molar-refractivity contribution in [2.24, 2.45) is 5.73 Å². The lowest BCUT2D eigenvalue weighted by atomic mass is 10.1. The first kappa shape index (κ1) is 7.81. The predicted molar refractivity (Wildman–Crippen MR) is 40.5 cm³/mol. The molecule has 4 N–H and O–H groups in total. The van der Waals surface area contributed by atoms with Gasteiger partial charge in [-0.05, 0) is 6.08 Å². The molecule has 1 rings (SSSR count). The molecule has 0 aliphatic heterocycles. The standard InChI is InChI=1S/C6H5ClN2O2/c7-4-5(10)2(8)1-3(9)6(4)11/h1,8,11H,9H2. The summed E-state index contributed by atoms with van der Waals surface area (Å²) in [6, 6.07) is 0. The highest BCUT2D eigenvalue weighted by Gasteiger charge is 2.22. The predicted octanol–water partition coefficient (Wildman–Crippen LogP) is 0.440. The molecule has 4 nitrogen and oxygen atoms in total. The number of aliphatic hydroxyl groups excluding tert-OH is 1. The Morgan fingerprint density at radius 3 is 2.73 bits per heavy atom. The van der Waals surface area contributed by atoms with Gasteiger partial charge in [-0.1, -0.05) is 11.6 Å². The molecule has 0 bridgehead atoms. The summed E-state index contributed by atoms with van der Waals surface area (Å²) in [5.41, 5.74) is 4.83. The highest BCUT2D eigenvalue weighted by molar-refractivity contribution is 6.61. The SMILES string of the molecule is N=C1C=C(N)C(O)=C(Cl)C1=O. The normalized spacial score (nSPS) is 18.8. The maximum absolute atomic E-state index is 10.8. The number of hydrogen-bond donors (Lipinski definition) is 3. The van der Waals surface area contributed by atoms with E-state index in [4.69, 9.17) is 27.9 Å². The lowest BCUT2D eigenvalue weighted by molar-refractivity contribution is -0.109. The second-order valence-electron chi connectivity index (χ2n) is 2.01. The lowest BCUT2D eigenvalue weighted by Crippen LogP contribution is -2.21. The van der Waals surface area contributed by atoms with Crippen molar-refractivity contribution in [2.75, 3.05) is 0 Å². The number of aliphatic hydroxyl groups is 1. The summed E-state index contributed by atoms with van der Waals surface area (Å²) in [5.74, 6) is -1.16. The summed E-state index contributed by atoms with van der Waals surface area (Å²) in [4.78, 5) is 10.8. The fraction of sp³-hybridized carbons (Fsp3) is 0. The van der Waals surface area contributed by atoms with E-state index < -0.39 is 16.6 Å². The maximum atomic E-state index is 10.8. The number of nitrogens with one attached hydrogen (secondary N) is 1. The van der Waals surface area contributed by atoms with E-state index in [1.54, 1.807) is 0 Å². The summed E-state index contributed by atoms with van der Waals surface area (Å²) >= 11 is 5.33. The average Bonchev–Trinajstić information content (AvgIpc) is 1.97. The number of carbonyl (C=O) groups excluding carboxylic acids is 1. The Morgan fingerprint density at radius 1 is 1.64 bits per heavy atom. The zero-order valence-electron chi connectivity index (χ0n) is 5.39. The van der Waals surface area contributed by atoms with Gasteiger partial charge in [0.25, 0.3) is 0 Å². The Hall–Kier alpha value is -1.29. The monoisotopic (exact) mass is 172 g/mol. The molecular weight excluding hydrogens is 168 g/mol. The van der Waals surface area contributed by atoms with Crippen LogP contribution in [0.2, 0.25) is 0 Å². The van der Waals surface area contributed by atoms with Crippen molar-refractivity contribution in [3.05, 3.63) is 22.6 Å². The minimum absolute atomic E-state index is 0.0559. The van der Waals surface area contributed by atoms with Gasteiger partial charge in [-0.3, -0.25) is 10.2 Å². The quantitative estimate of drug-likeness (QED) is 0.464. The lowest BCUT2D eigenvalue weighted by Gasteiger charge is -2.08. The van der Waals surface area contributed by atoms with Crippen molar-refractivity contribution in [1.82, 2.24) is 0 Å². The van der Waals surface area contributed by atoms with Crippen LogP contribution in [0, 0.1) is 5.41 Å². The number of hydrogen-bond acceptors (Lipinski definition) is 4. The average molecular weight is 173 g/mol. The molecule has 0 saturated carbocycles. The second-order valence-corrected chi connectivity index (χ2v) is 2.38.